The summed E-state index contributed by atoms with van der Waals surface area (Å²) in [6.07, 6.45) is 1.30. The lowest BCUT2D eigenvalue weighted by Crippen LogP contribution is -2.34. The minimum absolute atomic E-state index is 0.0977. The highest BCUT2D eigenvalue weighted by Crippen LogP contribution is 2.32. The number of ether oxygens (including phenoxy) is 1. The van der Waals surface area contributed by atoms with Crippen molar-refractivity contribution in [3.05, 3.63) is 58.1 Å². The number of phenols is 1. The number of hydrazone groups is 1. The summed E-state index contributed by atoms with van der Waals surface area (Å²) in [5.41, 5.74) is 3.66. The van der Waals surface area contributed by atoms with E-state index < -0.39 is 11.8 Å². The first kappa shape index (κ1) is 18.9. The van der Waals surface area contributed by atoms with Crippen molar-refractivity contribution < 1.29 is 19.4 Å². The highest BCUT2D eigenvalue weighted by Gasteiger charge is 2.40. The number of amides is 2. The number of nitrogens with one attached hydrogen (secondary N) is 2. The molecule has 3 N–H and O–H groups in total. The molecule has 2 aromatic carbocycles. The Hall–Kier alpha value is -2.87. The Morgan fingerprint density at radius 1 is 1.37 bits per heavy atom. The summed E-state index contributed by atoms with van der Waals surface area (Å²) >= 11 is 3.31. The van der Waals surface area contributed by atoms with Gasteiger partial charge in [0.15, 0.2) is 11.5 Å². The van der Waals surface area contributed by atoms with Crippen LogP contribution in [0.4, 0.5) is 0 Å². The van der Waals surface area contributed by atoms with Crippen LogP contribution >= 0.6 is 15.9 Å². The fourth-order valence-electron chi connectivity index (χ4n) is 3.02. The summed E-state index contributed by atoms with van der Waals surface area (Å²) in [5.74, 6) is -1.78. The average Bonchev–Trinajstić information content (AvgIpc) is 3.06. The van der Waals surface area contributed by atoms with Crippen molar-refractivity contribution in [2.45, 2.75) is 5.92 Å². The Labute approximate surface area is 164 Å². The second-order valence-electron chi connectivity index (χ2n) is 6.02. The molecular formula is C19H18BrN3O4. The van der Waals surface area contributed by atoms with E-state index in [2.05, 4.69) is 31.8 Å². The Balaban J connectivity index is 1.74. The van der Waals surface area contributed by atoms with Gasteiger partial charge in [0.1, 0.15) is 5.92 Å². The molecule has 0 saturated carbocycles. The molecule has 8 heteroatoms. The zero-order chi connectivity index (χ0) is 19.4. The first-order chi connectivity index (χ1) is 13.0. The Morgan fingerprint density at radius 3 is 2.81 bits per heavy atom. The monoisotopic (exact) mass is 431 g/mol. The van der Waals surface area contributed by atoms with Crippen molar-refractivity contribution >= 4 is 34.0 Å². The zero-order valence-electron chi connectivity index (χ0n) is 14.5. The predicted octanol–water partition coefficient (Wildman–Crippen LogP) is 2.14. The van der Waals surface area contributed by atoms with Gasteiger partial charge < -0.3 is 15.2 Å². The fourth-order valence-corrected chi connectivity index (χ4v) is 3.47. The highest BCUT2D eigenvalue weighted by molar-refractivity contribution is 9.10. The van der Waals surface area contributed by atoms with Gasteiger partial charge in [0, 0.05) is 22.5 Å². The lowest BCUT2D eigenvalue weighted by atomic mass is 9.88. The summed E-state index contributed by atoms with van der Waals surface area (Å²) in [6, 6.07) is 12.6. The highest BCUT2D eigenvalue weighted by atomic mass is 79.9. The third-order valence-electron chi connectivity index (χ3n) is 4.36. The van der Waals surface area contributed by atoms with Gasteiger partial charge in [-0.25, -0.2) is 5.43 Å². The summed E-state index contributed by atoms with van der Waals surface area (Å²) < 4.78 is 5.75. The van der Waals surface area contributed by atoms with E-state index in [-0.39, 0.29) is 23.3 Å². The molecule has 2 aromatic rings. The average molecular weight is 432 g/mol. The molecule has 0 bridgehead atoms. The van der Waals surface area contributed by atoms with Crippen LogP contribution in [0.2, 0.25) is 0 Å². The topological polar surface area (TPSA) is 100 Å². The van der Waals surface area contributed by atoms with Crippen LogP contribution in [0.5, 0.6) is 11.5 Å². The Morgan fingerprint density at radius 2 is 2.11 bits per heavy atom. The molecule has 0 aliphatic carbocycles. The van der Waals surface area contributed by atoms with Gasteiger partial charge in [0.05, 0.1) is 13.3 Å². The van der Waals surface area contributed by atoms with Crippen LogP contribution in [0.3, 0.4) is 0 Å². The van der Waals surface area contributed by atoms with Crippen LogP contribution < -0.4 is 15.5 Å². The standard InChI is InChI=1S/C19H18BrN3O4/c1-27-15-8-13(20)7-12(17(15)24)9-22-23-19(26)16-14(10-21-18(16)25)11-5-3-2-4-6-11/h2-9,14,16,24H,10H2,1H3,(H,21,25)(H,23,26)/b22-9+/t14-,16-/m0/s1. The molecule has 7 nitrogen and oxygen atoms in total. The molecule has 2 atom stereocenters. The third-order valence-corrected chi connectivity index (χ3v) is 4.82. The van der Waals surface area contributed by atoms with Crippen LogP contribution in [0.1, 0.15) is 17.0 Å². The first-order valence-electron chi connectivity index (χ1n) is 8.23. The van der Waals surface area contributed by atoms with E-state index in [1.54, 1.807) is 12.1 Å². The smallest absolute Gasteiger partial charge is 0.253 e. The van der Waals surface area contributed by atoms with E-state index in [4.69, 9.17) is 4.74 Å². The van der Waals surface area contributed by atoms with Crippen LogP contribution in [0.25, 0.3) is 0 Å². The molecule has 1 fully saturated rings. The van der Waals surface area contributed by atoms with E-state index in [0.717, 1.165) is 5.56 Å². The van der Waals surface area contributed by atoms with Crippen molar-refractivity contribution in [3.63, 3.8) is 0 Å². The molecule has 0 unspecified atom stereocenters. The van der Waals surface area contributed by atoms with Gasteiger partial charge in [0.2, 0.25) is 5.91 Å². The van der Waals surface area contributed by atoms with Crippen molar-refractivity contribution in [2.24, 2.45) is 11.0 Å². The lowest BCUT2D eigenvalue weighted by Gasteiger charge is -2.15. The van der Waals surface area contributed by atoms with E-state index in [1.807, 2.05) is 30.3 Å². The lowest BCUT2D eigenvalue weighted by molar-refractivity contribution is -0.133. The SMILES string of the molecule is COc1cc(Br)cc(/C=N/NC(=O)[C@@H]2C(=O)NC[C@H]2c2ccccc2)c1O. The molecule has 1 saturated heterocycles. The second kappa shape index (κ2) is 8.22. The quantitative estimate of drug-likeness (QED) is 0.383. The molecule has 0 radical (unpaired) electrons. The van der Waals surface area contributed by atoms with Crippen molar-refractivity contribution in [1.82, 2.24) is 10.7 Å². The second-order valence-corrected chi connectivity index (χ2v) is 6.94. The first-order valence-corrected chi connectivity index (χ1v) is 9.02. The number of benzene rings is 2. The van der Waals surface area contributed by atoms with Crippen LogP contribution in [0.15, 0.2) is 52.0 Å². The van der Waals surface area contributed by atoms with E-state index in [1.165, 1.54) is 13.3 Å². The maximum absolute atomic E-state index is 12.5. The van der Waals surface area contributed by atoms with Crippen LogP contribution in [-0.4, -0.2) is 36.8 Å². The number of rotatable bonds is 5. The number of hydrogen-bond donors (Lipinski definition) is 3. The number of halogens is 1. The van der Waals surface area contributed by atoms with Crippen molar-refractivity contribution in [1.29, 1.82) is 0 Å². The molecule has 27 heavy (non-hydrogen) atoms. The van der Waals surface area contributed by atoms with Gasteiger partial charge in [-0.3, -0.25) is 9.59 Å². The molecule has 1 aliphatic rings. The number of hydrogen-bond acceptors (Lipinski definition) is 5. The Kier molecular flexibility index (Phi) is 5.75. The number of methoxy groups -OCH3 is 1. The normalized spacial score (nSPS) is 19.1. The van der Waals surface area contributed by atoms with E-state index >= 15 is 0 Å². The summed E-state index contributed by atoms with van der Waals surface area (Å²) in [7, 11) is 1.44. The minimum atomic E-state index is -0.866. The van der Waals surface area contributed by atoms with Crippen molar-refractivity contribution in [2.75, 3.05) is 13.7 Å². The van der Waals surface area contributed by atoms with E-state index in [9.17, 15) is 14.7 Å². The number of nitrogens with zero attached hydrogens (tertiary/aromatic N) is 1. The fraction of sp³-hybridized carbons (Fsp3) is 0.211. The molecule has 3 rings (SSSR count). The predicted molar refractivity (Wildman–Crippen MR) is 104 cm³/mol. The Bertz CT molecular complexity index is 886. The molecule has 1 heterocycles. The number of phenolic OH excluding ortho intramolecular Hbond substituents is 1. The minimum Gasteiger partial charge on any atom is -0.504 e. The summed E-state index contributed by atoms with van der Waals surface area (Å²) in [4.78, 5) is 24.7. The van der Waals surface area contributed by atoms with Crippen LogP contribution in [0, 0.1) is 5.92 Å². The number of aromatic hydroxyl groups is 1. The molecule has 1 aliphatic heterocycles. The summed E-state index contributed by atoms with van der Waals surface area (Å²) in [5, 5.41) is 16.7. The van der Waals surface area contributed by atoms with E-state index in [0.29, 0.717) is 16.6 Å². The zero-order valence-corrected chi connectivity index (χ0v) is 16.1. The molecule has 0 spiro atoms. The van der Waals surface area contributed by atoms with Gasteiger partial charge in [-0.05, 0) is 17.7 Å². The van der Waals surface area contributed by atoms with Gasteiger partial charge >= 0.3 is 0 Å². The van der Waals surface area contributed by atoms with Crippen molar-refractivity contribution in [3.8, 4) is 11.5 Å². The van der Waals surface area contributed by atoms with Gasteiger partial charge in [0.25, 0.3) is 5.91 Å². The van der Waals surface area contributed by atoms with Gasteiger partial charge in [-0.1, -0.05) is 46.3 Å². The van der Waals surface area contributed by atoms with Gasteiger partial charge in [-0.15, -0.1) is 0 Å². The van der Waals surface area contributed by atoms with Crippen LogP contribution in [-0.2, 0) is 9.59 Å². The molecule has 2 amide bonds. The third kappa shape index (κ3) is 4.11. The molecule has 0 aromatic heterocycles. The molecule has 140 valence electrons. The largest absolute Gasteiger partial charge is 0.504 e. The molecular weight excluding hydrogens is 414 g/mol. The number of carbonyl (C=O) groups excluding carboxylic acids is 2. The van der Waals surface area contributed by atoms with Gasteiger partial charge in [-0.2, -0.15) is 5.10 Å². The maximum atomic E-state index is 12.5. The number of carbonyl (C=O) groups is 2. The maximum Gasteiger partial charge on any atom is 0.253 e. The summed E-state index contributed by atoms with van der Waals surface area (Å²) in [6.45, 7) is 0.397.